The highest BCUT2D eigenvalue weighted by molar-refractivity contribution is 6.30. The molecule has 1 fully saturated rings. The maximum atomic E-state index is 12.4. The van der Waals surface area contributed by atoms with Crippen LogP contribution in [0, 0.1) is 5.92 Å². The molecule has 0 radical (unpaired) electrons. The van der Waals surface area contributed by atoms with Crippen molar-refractivity contribution >= 4 is 23.4 Å². The normalized spacial score (nSPS) is 15.6. The van der Waals surface area contributed by atoms with E-state index >= 15 is 0 Å². The van der Waals surface area contributed by atoms with Gasteiger partial charge in [-0.1, -0.05) is 37.6 Å². The number of amides is 2. The first-order chi connectivity index (χ1) is 9.97. The summed E-state index contributed by atoms with van der Waals surface area (Å²) >= 11 is 5.88. The first-order valence-corrected chi connectivity index (χ1v) is 7.67. The molecule has 0 heterocycles. The van der Waals surface area contributed by atoms with Crippen LogP contribution < -0.4 is 10.6 Å². The van der Waals surface area contributed by atoms with Crippen molar-refractivity contribution in [2.45, 2.75) is 38.6 Å². The van der Waals surface area contributed by atoms with E-state index in [9.17, 15) is 9.59 Å². The summed E-state index contributed by atoms with van der Waals surface area (Å²) in [5, 5.41) is 6.22. The average molecular weight is 309 g/mol. The molecule has 2 amide bonds. The molecule has 0 aromatic heterocycles. The molecule has 5 heteroatoms. The molecule has 1 atom stereocenters. The van der Waals surface area contributed by atoms with Crippen LogP contribution in [0.2, 0.25) is 5.02 Å². The lowest BCUT2D eigenvalue weighted by molar-refractivity contribution is -0.127. The van der Waals surface area contributed by atoms with E-state index in [0.29, 0.717) is 11.1 Å². The third kappa shape index (κ3) is 4.74. The fourth-order valence-corrected chi connectivity index (χ4v) is 2.42. The number of carbonyl (C=O) groups excluding carboxylic acids is 2. The van der Waals surface area contributed by atoms with Gasteiger partial charge in [-0.2, -0.15) is 0 Å². The molecule has 0 saturated heterocycles. The molecule has 0 spiro atoms. The summed E-state index contributed by atoms with van der Waals surface area (Å²) in [6.07, 6.45) is 2.08. The van der Waals surface area contributed by atoms with Gasteiger partial charge in [0.15, 0.2) is 0 Å². The van der Waals surface area contributed by atoms with Crippen molar-refractivity contribution in [2.24, 2.45) is 5.92 Å². The van der Waals surface area contributed by atoms with Gasteiger partial charge in [-0.15, -0.1) is 0 Å². The standard InChI is InChI=1S/C16H21ClN2O2/c1-10(2)15(11-3-5-12(17)6-4-11)16(21)18-9-14(20)19-13-7-8-13/h3-6,10,13,15H,7-9H2,1-2H3,(H,18,21)(H,19,20)/t15-/m1/s1. The second kappa shape index (κ2) is 6.94. The zero-order chi connectivity index (χ0) is 15.4. The van der Waals surface area contributed by atoms with Crippen LogP contribution in [0.5, 0.6) is 0 Å². The van der Waals surface area contributed by atoms with Gasteiger partial charge in [0.25, 0.3) is 0 Å². The first-order valence-electron chi connectivity index (χ1n) is 7.30. The molecular weight excluding hydrogens is 288 g/mol. The van der Waals surface area contributed by atoms with E-state index in [-0.39, 0.29) is 30.2 Å². The summed E-state index contributed by atoms with van der Waals surface area (Å²) in [7, 11) is 0. The summed E-state index contributed by atoms with van der Waals surface area (Å²) in [4.78, 5) is 24.0. The Hall–Kier alpha value is -1.55. The summed E-state index contributed by atoms with van der Waals surface area (Å²) in [5.41, 5.74) is 0.912. The second-order valence-corrected chi connectivity index (χ2v) is 6.27. The largest absolute Gasteiger partial charge is 0.352 e. The fraction of sp³-hybridized carbons (Fsp3) is 0.500. The third-order valence-electron chi connectivity index (χ3n) is 3.54. The lowest BCUT2D eigenvalue weighted by Gasteiger charge is -2.20. The van der Waals surface area contributed by atoms with E-state index in [1.165, 1.54) is 0 Å². The topological polar surface area (TPSA) is 58.2 Å². The Kier molecular flexibility index (Phi) is 5.23. The minimum absolute atomic E-state index is 0.0339. The van der Waals surface area contributed by atoms with Crippen molar-refractivity contribution in [3.63, 3.8) is 0 Å². The van der Waals surface area contributed by atoms with Gasteiger partial charge in [0, 0.05) is 11.1 Å². The van der Waals surface area contributed by atoms with Crippen molar-refractivity contribution in [2.75, 3.05) is 6.54 Å². The minimum Gasteiger partial charge on any atom is -0.352 e. The molecule has 21 heavy (non-hydrogen) atoms. The number of benzene rings is 1. The van der Waals surface area contributed by atoms with Crippen LogP contribution in [0.1, 0.15) is 38.2 Å². The summed E-state index contributed by atoms with van der Waals surface area (Å²) in [6, 6.07) is 7.58. The Morgan fingerprint density at radius 3 is 2.38 bits per heavy atom. The van der Waals surface area contributed by atoms with Gasteiger partial charge in [0.2, 0.25) is 11.8 Å². The van der Waals surface area contributed by atoms with Gasteiger partial charge in [-0.3, -0.25) is 9.59 Å². The monoisotopic (exact) mass is 308 g/mol. The van der Waals surface area contributed by atoms with Crippen LogP contribution in [-0.2, 0) is 9.59 Å². The Labute approximate surface area is 130 Å². The van der Waals surface area contributed by atoms with Crippen LogP contribution in [0.15, 0.2) is 24.3 Å². The predicted molar refractivity (Wildman–Crippen MR) is 83.2 cm³/mol. The molecule has 1 aromatic rings. The molecule has 1 aliphatic carbocycles. The van der Waals surface area contributed by atoms with Crippen LogP contribution in [0.4, 0.5) is 0 Å². The van der Waals surface area contributed by atoms with Crippen molar-refractivity contribution < 1.29 is 9.59 Å². The van der Waals surface area contributed by atoms with Gasteiger partial charge >= 0.3 is 0 Å². The number of nitrogens with one attached hydrogen (secondary N) is 2. The van der Waals surface area contributed by atoms with Crippen molar-refractivity contribution in [1.29, 1.82) is 0 Å². The van der Waals surface area contributed by atoms with E-state index in [1.54, 1.807) is 12.1 Å². The smallest absolute Gasteiger partial charge is 0.239 e. The SMILES string of the molecule is CC(C)[C@@H](C(=O)NCC(=O)NC1CC1)c1ccc(Cl)cc1. The van der Waals surface area contributed by atoms with Gasteiger partial charge in [-0.25, -0.2) is 0 Å². The van der Waals surface area contributed by atoms with Gasteiger partial charge in [0.1, 0.15) is 0 Å². The Morgan fingerprint density at radius 2 is 1.86 bits per heavy atom. The first kappa shape index (κ1) is 15.8. The fourth-order valence-electron chi connectivity index (χ4n) is 2.29. The molecule has 0 aliphatic heterocycles. The Balaban J connectivity index is 1.95. The molecule has 114 valence electrons. The molecule has 4 nitrogen and oxygen atoms in total. The summed E-state index contributed by atoms with van der Waals surface area (Å²) in [6.45, 7) is 4.01. The van der Waals surface area contributed by atoms with Crippen LogP contribution in [0.25, 0.3) is 0 Å². The zero-order valence-corrected chi connectivity index (χ0v) is 13.1. The number of halogens is 1. The average Bonchev–Trinajstić information content (AvgIpc) is 3.22. The van der Waals surface area contributed by atoms with Crippen LogP contribution in [-0.4, -0.2) is 24.4 Å². The summed E-state index contributed by atoms with van der Waals surface area (Å²) < 4.78 is 0. The van der Waals surface area contributed by atoms with Gasteiger partial charge in [-0.05, 0) is 36.5 Å². The Morgan fingerprint density at radius 1 is 1.24 bits per heavy atom. The molecule has 1 aromatic carbocycles. The number of hydrogen-bond acceptors (Lipinski definition) is 2. The van der Waals surface area contributed by atoms with E-state index in [2.05, 4.69) is 10.6 Å². The molecule has 0 bridgehead atoms. The highest BCUT2D eigenvalue weighted by Gasteiger charge is 2.26. The van der Waals surface area contributed by atoms with Crippen molar-refractivity contribution in [3.8, 4) is 0 Å². The van der Waals surface area contributed by atoms with E-state index in [1.807, 2.05) is 26.0 Å². The van der Waals surface area contributed by atoms with E-state index in [0.717, 1.165) is 18.4 Å². The molecular formula is C16H21ClN2O2. The minimum atomic E-state index is -0.281. The van der Waals surface area contributed by atoms with Gasteiger partial charge in [0.05, 0.1) is 12.5 Å². The zero-order valence-electron chi connectivity index (χ0n) is 12.4. The second-order valence-electron chi connectivity index (χ2n) is 5.83. The molecule has 1 saturated carbocycles. The lowest BCUT2D eigenvalue weighted by Crippen LogP contribution is -2.40. The highest BCUT2D eigenvalue weighted by atomic mass is 35.5. The molecule has 1 aliphatic rings. The molecule has 0 unspecified atom stereocenters. The number of hydrogen-bond donors (Lipinski definition) is 2. The van der Waals surface area contributed by atoms with Gasteiger partial charge < -0.3 is 10.6 Å². The molecule has 2 N–H and O–H groups in total. The maximum Gasteiger partial charge on any atom is 0.239 e. The van der Waals surface area contributed by atoms with Crippen molar-refractivity contribution in [3.05, 3.63) is 34.9 Å². The third-order valence-corrected chi connectivity index (χ3v) is 3.80. The quantitative estimate of drug-likeness (QED) is 0.848. The number of rotatable bonds is 6. The van der Waals surface area contributed by atoms with E-state index < -0.39 is 0 Å². The molecule has 2 rings (SSSR count). The van der Waals surface area contributed by atoms with Crippen LogP contribution in [0.3, 0.4) is 0 Å². The maximum absolute atomic E-state index is 12.4. The Bertz CT molecular complexity index is 510. The predicted octanol–water partition coefficient (Wildman–Crippen LogP) is 2.47. The van der Waals surface area contributed by atoms with Crippen molar-refractivity contribution in [1.82, 2.24) is 10.6 Å². The van der Waals surface area contributed by atoms with Crippen LogP contribution >= 0.6 is 11.6 Å². The van der Waals surface area contributed by atoms with E-state index in [4.69, 9.17) is 11.6 Å². The highest BCUT2D eigenvalue weighted by Crippen LogP contribution is 2.26. The lowest BCUT2D eigenvalue weighted by atomic mass is 9.87. The number of carbonyl (C=O) groups is 2. The summed E-state index contributed by atoms with van der Waals surface area (Å²) in [5.74, 6) is -0.392.